The van der Waals surface area contributed by atoms with Crippen molar-refractivity contribution in [2.75, 3.05) is 32.1 Å². The SMILES string of the molecule is C[C@@H]1CN([C@H](C)CO)C(=O)Cc2cc(NC(=O)C3CC3)ccc2O[C@H]1CN(C)S(=O)(=O)c1cccs1. The lowest BCUT2D eigenvalue weighted by Gasteiger charge is -2.33. The van der Waals surface area contributed by atoms with E-state index in [1.807, 2.05) is 6.92 Å². The Labute approximate surface area is 216 Å². The molecule has 1 aliphatic carbocycles. The number of anilines is 1. The normalized spacial score (nSPS) is 21.7. The molecule has 2 N–H and O–H groups in total. The lowest BCUT2D eigenvalue weighted by atomic mass is 10.0. The fraction of sp³-hybridized carbons (Fsp3) is 0.520. The van der Waals surface area contributed by atoms with Crippen LogP contribution in [-0.4, -0.2) is 73.4 Å². The number of likely N-dealkylation sites (N-methyl/N-ethyl adjacent to an activating group) is 1. The van der Waals surface area contributed by atoms with Crippen LogP contribution >= 0.6 is 11.3 Å². The summed E-state index contributed by atoms with van der Waals surface area (Å²) in [5.74, 6) is 0.0843. The molecule has 196 valence electrons. The smallest absolute Gasteiger partial charge is 0.252 e. The molecule has 0 unspecified atom stereocenters. The largest absolute Gasteiger partial charge is 0.488 e. The molecule has 1 aromatic carbocycles. The van der Waals surface area contributed by atoms with Gasteiger partial charge in [-0.1, -0.05) is 13.0 Å². The van der Waals surface area contributed by atoms with Crippen LogP contribution in [0.4, 0.5) is 5.69 Å². The maximum Gasteiger partial charge on any atom is 0.252 e. The highest BCUT2D eigenvalue weighted by molar-refractivity contribution is 7.91. The number of fused-ring (bicyclic) bond motifs is 1. The minimum atomic E-state index is -3.69. The monoisotopic (exact) mass is 535 g/mol. The van der Waals surface area contributed by atoms with Crippen LogP contribution in [0.25, 0.3) is 0 Å². The molecule has 4 rings (SSSR count). The minimum Gasteiger partial charge on any atom is -0.488 e. The highest BCUT2D eigenvalue weighted by atomic mass is 32.2. The number of sulfonamides is 1. The summed E-state index contributed by atoms with van der Waals surface area (Å²) in [7, 11) is -2.17. The number of nitrogens with one attached hydrogen (secondary N) is 1. The summed E-state index contributed by atoms with van der Waals surface area (Å²) in [4.78, 5) is 27.2. The van der Waals surface area contributed by atoms with Crippen molar-refractivity contribution in [2.24, 2.45) is 11.8 Å². The molecular formula is C25H33N3O6S2. The standard InChI is InChI=1S/C25H33N3O6S2/c1-16-13-28(17(2)15-29)23(30)12-19-11-20(26-25(31)18-6-7-18)8-9-21(19)34-22(16)14-27(3)36(32,33)24-5-4-10-35-24/h4-5,8-11,16-18,22,29H,6-7,12-15H2,1-3H3,(H,26,31)/t16-,17-,22+/m1/s1. The number of hydrogen-bond acceptors (Lipinski definition) is 7. The van der Waals surface area contributed by atoms with E-state index in [-0.39, 0.29) is 47.4 Å². The van der Waals surface area contributed by atoms with Crippen molar-refractivity contribution in [3.8, 4) is 5.75 Å². The number of amides is 2. The summed E-state index contributed by atoms with van der Waals surface area (Å²) < 4.78 is 34.0. The van der Waals surface area contributed by atoms with E-state index in [9.17, 15) is 23.1 Å². The van der Waals surface area contributed by atoms with Gasteiger partial charge in [0.05, 0.1) is 25.6 Å². The Morgan fingerprint density at radius 2 is 2.08 bits per heavy atom. The summed E-state index contributed by atoms with van der Waals surface area (Å²) in [5, 5.41) is 14.4. The summed E-state index contributed by atoms with van der Waals surface area (Å²) >= 11 is 1.16. The molecule has 1 fully saturated rings. The van der Waals surface area contributed by atoms with Gasteiger partial charge in [-0.05, 0) is 49.4 Å². The number of hydrogen-bond donors (Lipinski definition) is 2. The first-order chi connectivity index (χ1) is 17.1. The molecule has 1 aromatic heterocycles. The minimum absolute atomic E-state index is 0.0345. The van der Waals surface area contributed by atoms with Gasteiger partial charge in [0.25, 0.3) is 10.0 Å². The van der Waals surface area contributed by atoms with E-state index in [2.05, 4.69) is 5.32 Å². The van der Waals surface area contributed by atoms with Gasteiger partial charge in [0.2, 0.25) is 11.8 Å². The average molecular weight is 536 g/mol. The van der Waals surface area contributed by atoms with Crippen molar-refractivity contribution < 1.29 is 27.9 Å². The molecule has 1 aliphatic heterocycles. The number of rotatable bonds is 8. The average Bonchev–Trinajstić information content (AvgIpc) is 3.54. The first kappa shape index (κ1) is 26.6. The van der Waals surface area contributed by atoms with Gasteiger partial charge in [0, 0.05) is 36.7 Å². The van der Waals surface area contributed by atoms with E-state index in [0.29, 0.717) is 23.5 Å². The maximum atomic E-state index is 13.3. The lowest BCUT2D eigenvalue weighted by Crippen LogP contribution is -2.48. The molecule has 36 heavy (non-hydrogen) atoms. The van der Waals surface area contributed by atoms with Crippen molar-refractivity contribution in [1.82, 2.24) is 9.21 Å². The van der Waals surface area contributed by atoms with Crippen molar-refractivity contribution in [2.45, 2.75) is 49.5 Å². The maximum absolute atomic E-state index is 13.3. The van der Waals surface area contributed by atoms with Crippen molar-refractivity contribution in [3.05, 3.63) is 41.3 Å². The third kappa shape index (κ3) is 5.91. The molecule has 2 amide bonds. The van der Waals surface area contributed by atoms with Gasteiger partial charge in [-0.3, -0.25) is 9.59 Å². The van der Waals surface area contributed by atoms with E-state index < -0.39 is 22.2 Å². The molecule has 0 spiro atoms. The Hall–Kier alpha value is -2.47. The molecule has 0 bridgehead atoms. The fourth-order valence-electron chi connectivity index (χ4n) is 4.23. The molecule has 1 saturated carbocycles. The van der Waals surface area contributed by atoms with Gasteiger partial charge in [-0.2, -0.15) is 4.31 Å². The number of benzene rings is 1. The first-order valence-electron chi connectivity index (χ1n) is 12.1. The van der Waals surface area contributed by atoms with Crippen LogP contribution in [-0.2, 0) is 26.0 Å². The van der Waals surface area contributed by atoms with E-state index in [4.69, 9.17) is 4.74 Å². The van der Waals surface area contributed by atoms with Gasteiger partial charge in [-0.15, -0.1) is 11.3 Å². The zero-order chi connectivity index (χ0) is 26.0. The molecule has 0 saturated heterocycles. The Morgan fingerprint density at radius 3 is 2.72 bits per heavy atom. The van der Waals surface area contributed by atoms with E-state index in [1.165, 1.54) is 11.4 Å². The number of nitrogens with zero attached hydrogens (tertiary/aromatic N) is 2. The molecule has 9 nitrogen and oxygen atoms in total. The van der Waals surface area contributed by atoms with Gasteiger partial charge in [-0.25, -0.2) is 8.42 Å². The Bertz CT molecular complexity index is 1200. The molecule has 11 heteroatoms. The zero-order valence-corrected chi connectivity index (χ0v) is 22.3. The van der Waals surface area contributed by atoms with Crippen molar-refractivity contribution in [1.29, 1.82) is 0 Å². The van der Waals surface area contributed by atoms with Crippen LogP contribution < -0.4 is 10.1 Å². The van der Waals surface area contributed by atoms with Gasteiger partial charge in [0.1, 0.15) is 16.1 Å². The van der Waals surface area contributed by atoms with E-state index in [0.717, 1.165) is 24.2 Å². The molecule has 0 radical (unpaired) electrons. The number of ether oxygens (including phenoxy) is 1. The topological polar surface area (TPSA) is 116 Å². The summed E-state index contributed by atoms with van der Waals surface area (Å²) in [5.41, 5.74) is 1.19. The summed E-state index contributed by atoms with van der Waals surface area (Å²) in [6.45, 7) is 3.88. The van der Waals surface area contributed by atoms with Gasteiger partial charge < -0.3 is 20.1 Å². The number of carbonyl (C=O) groups excluding carboxylic acids is 2. The van der Waals surface area contributed by atoms with Gasteiger partial charge >= 0.3 is 0 Å². The molecular weight excluding hydrogens is 502 g/mol. The predicted octanol–water partition coefficient (Wildman–Crippen LogP) is 2.57. The quantitative estimate of drug-likeness (QED) is 0.537. The lowest BCUT2D eigenvalue weighted by molar-refractivity contribution is -0.134. The number of aliphatic hydroxyl groups excluding tert-OH is 1. The predicted molar refractivity (Wildman–Crippen MR) is 137 cm³/mol. The Kier molecular flexibility index (Phi) is 8.03. The van der Waals surface area contributed by atoms with Crippen molar-refractivity contribution in [3.63, 3.8) is 0 Å². The van der Waals surface area contributed by atoms with E-state index >= 15 is 0 Å². The number of aliphatic hydroxyl groups is 1. The Morgan fingerprint density at radius 1 is 1.33 bits per heavy atom. The van der Waals surface area contributed by atoms with Crippen LogP contribution in [0.2, 0.25) is 0 Å². The molecule has 3 atom stereocenters. The van der Waals surface area contributed by atoms with Gasteiger partial charge in [0.15, 0.2) is 0 Å². The van der Waals surface area contributed by atoms with Crippen LogP contribution in [0.3, 0.4) is 0 Å². The second-order valence-corrected chi connectivity index (χ2v) is 12.9. The molecule has 2 heterocycles. The van der Waals surface area contributed by atoms with Crippen LogP contribution in [0.5, 0.6) is 5.75 Å². The summed E-state index contributed by atoms with van der Waals surface area (Å²) in [6.07, 6.45) is 1.24. The molecule has 2 aromatic rings. The highest BCUT2D eigenvalue weighted by Gasteiger charge is 2.34. The Balaban J connectivity index is 1.64. The third-order valence-electron chi connectivity index (χ3n) is 6.73. The fourth-order valence-corrected chi connectivity index (χ4v) is 6.61. The van der Waals surface area contributed by atoms with E-state index in [1.54, 1.807) is 47.5 Å². The van der Waals surface area contributed by atoms with Crippen molar-refractivity contribution >= 4 is 38.9 Å². The summed E-state index contributed by atoms with van der Waals surface area (Å²) in [6, 6.07) is 8.06. The number of carbonyl (C=O) groups is 2. The zero-order valence-electron chi connectivity index (χ0n) is 20.7. The van der Waals surface area contributed by atoms with Crippen LogP contribution in [0, 0.1) is 11.8 Å². The van der Waals surface area contributed by atoms with Crippen LogP contribution in [0.15, 0.2) is 39.9 Å². The van der Waals surface area contributed by atoms with Crippen LogP contribution in [0.1, 0.15) is 32.3 Å². The first-order valence-corrected chi connectivity index (χ1v) is 14.4. The highest BCUT2D eigenvalue weighted by Crippen LogP contribution is 2.33. The third-order valence-corrected chi connectivity index (χ3v) is 9.93. The second-order valence-electron chi connectivity index (χ2n) is 9.69. The number of thiophene rings is 1. The second kappa shape index (κ2) is 10.9. The molecule has 2 aliphatic rings.